The van der Waals surface area contributed by atoms with Gasteiger partial charge in [0.2, 0.25) is 0 Å². The van der Waals surface area contributed by atoms with Gasteiger partial charge in [0, 0.05) is 17.5 Å². The number of Topliss-reactive ketones (excluding diaryl/α,β-unsaturated/α-hetero) is 1. The van der Waals surface area contributed by atoms with Crippen LogP contribution in [-0.2, 0) is 6.42 Å². The molecule has 4 nitrogen and oxygen atoms in total. The zero-order valence-electron chi connectivity index (χ0n) is 15.9. The van der Waals surface area contributed by atoms with Gasteiger partial charge in [0.15, 0.2) is 5.78 Å². The van der Waals surface area contributed by atoms with Gasteiger partial charge in [-0.1, -0.05) is 37.1 Å². The molecule has 0 aromatic heterocycles. The molecule has 0 fully saturated rings. The van der Waals surface area contributed by atoms with Gasteiger partial charge in [-0.2, -0.15) is 0 Å². The van der Waals surface area contributed by atoms with Crippen molar-refractivity contribution in [1.29, 1.82) is 0 Å². The predicted octanol–water partition coefficient (Wildman–Crippen LogP) is 5.27. The normalized spacial score (nSPS) is 12.8. The summed E-state index contributed by atoms with van der Waals surface area (Å²) in [5.41, 5.74) is 2.58. The van der Waals surface area contributed by atoms with Gasteiger partial charge >= 0.3 is 0 Å². The molecule has 1 atom stereocenters. The van der Waals surface area contributed by atoms with E-state index in [0.29, 0.717) is 12.8 Å². The maximum absolute atomic E-state index is 12.4. The minimum atomic E-state index is -0.381. The lowest BCUT2D eigenvalue weighted by Gasteiger charge is -2.15. The first-order valence-electron chi connectivity index (χ1n) is 8.78. The van der Waals surface area contributed by atoms with Crippen LogP contribution < -0.4 is 0 Å². The fourth-order valence-corrected chi connectivity index (χ4v) is 2.53. The Morgan fingerprint density at radius 3 is 2.32 bits per heavy atom. The number of benzene rings is 1. The van der Waals surface area contributed by atoms with Gasteiger partial charge in [0.1, 0.15) is 22.8 Å². The number of phenols is 3. The van der Waals surface area contributed by atoms with Gasteiger partial charge in [0.25, 0.3) is 0 Å². The molecule has 1 aromatic carbocycles. The third-order valence-corrected chi connectivity index (χ3v) is 4.41. The number of carbonyl (C=O) groups is 1. The Morgan fingerprint density at radius 2 is 1.76 bits per heavy atom. The molecule has 1 unspecified atom stereocenters. The van der Waals surface area contributed by atoms with Crippen LogP contribution in [0, 0.1) is 5.92 Å². The van der Waals surface area contributed by atoms with Gasteiger partial charge < -0.3 is 15.3 Å². The Kier molecular flexibility index (Phi) is 7.75. The van der Waals surface area contributed by atoms with Crippen molar-refractivity contribution in [3.63, 3.8) is 0 Å². The van der Waals surface area contributed by atoms with Crippen molar-refractivity contribution < 1.29 is 20.1 Å². The van der Waals surface area contributed by atoms with E-state index in [1.54, 1.807) is 6.92 Å². The quantitative estimate of drug-likeness (QED) is 0.443. The molecule has 0 saturated heterocycles. The number of phenolic OH excluding ortho intramolecular Hbond substituents is 3. The van der Waals surface area contributed by atoms with Crippen LogP contribution >= 0.6 is 0 Å². The molecule has 138 valence electrons. The summed E-state index contributed by atoms with van der Waals surface area (Å²) in [6.45, 7) is 9.74. The third-order valence-electron chi connectivity index (χ3n) is 4.41. The third kappa shape index (κ3) is 5.66. The van der Waals surface area contributed by atoms with Crippen molar-refractivity contribution in [3.8, 4) is 17.2 Å². The van der Waals surface area contributed by atoms with E-state index < -0.39 is 0 Å². The average molecular weight is 346 g/mol. The van der Waals surface area contributed by atoms with E-state index >= 15 is 0 Å². The minimum absolute atomic E-state index is 0.0993. The molecule has 0 saturated carbocycles. The maximum Gasteiger partial charge on any atom is 0.173 e. The van der Waals surface area contributed by atoms with Crippen molar-refractivity contribution in [1.82, 2.24) is 0 Å². The van der Waals surface area contributed by atoms with E-state index in [4.69, 9.17) is 0 Å². The molecular formula is C21H30O4. The monoisotopic (exact) mass is 346 g/mol. The van der Waals surface area contributed by atoms with Crippen LogP contribution in [-0.4, -0.2) is 21.1 Å². The van der Waals surface area contributed by atoms with Gasteiger partial charge in [-0.3, -0.25) is 4.79 Å². The van der Waals surface area contributed by atoms with Crippen molar-refractivity contribution in [2.24, 2.45) is 5.92 Å². The molecule has 0 radical (unpaired) electrons. The minimum Gasteiger partial charge on any atom is -0.507 e. The SMILES string of the molecule is CCC(C)C(=O)c1c(O)cc(O)c(C/C=C(\C)CCC=C(C)C)c1O. The number of ketones is 1. The number of rotatable bonds is 8. The van der Waals surface area contributed by atoms with Crippen LogP contribution in [0.15, 0.2) is 29.4 Å². The van der Waals surface area contributed by atoms with Crippen LogP contribution in [0.1, 0.15) is 69.8 Å². The van der Waals surface area contributed by atoms with E-state index in [-0.39, 0.29) is 40.1 Å². The second kappa shape index (κ2) is 9.30. The van der Waals surface area contributed by atoms with Crippen molar-refractivity contribution in [2.45, 2.75) is 60.3 Å². The second-order valence-electron chi connectivity index (χ2n) is 6.87. The first-order valence-corrected chi connectivity index (χ1v) is 8.78. The molecule has 0 aliphatic carbocycles. The molecule has 0 aliphatic heterocycles. The van der Waals surface area contributed by atoms with Crippen molar-refractivity contribution >= 4 is 5.78 Å². The smallest absolute Gasteiger partial charge is 0.173 e. The summed E-state index contributed by atoms with van der Waals surface area (Å²) >= 11 is 0. The number of aromatic hydroxyl groups is 3. The van der Waals surface area contributed by atoms with Crippen molar-refractivity contribution in [3.05, 3.63) is 40.5 Å². The molecule has 3 N–H and O–H groups in total. The zero-order valence-corrected chi connectivity index (χ0v) is 15.9. The summed E-state index contributed by atoms with van der Waals surface area (Å²) in [5, 5.41) is 30.5. The van der Waals surface area contributed by atoms with E-state index in [9.17, 15) is 20.1 Å². The van der Waals surface area contributed by atoms with Gasteiger partial charge in [-0.15, -0.1) is 0 Å². The molecule has 0 aliphatic rings. The number of allylic oxidation sites excluding steroid dienone is 4. The molecule has 0 bridgehead atoms. The highest BCUT2D eigenvalue weighted by Gasteiger charge is 2.25. The highest BCUT2D eigenvalue weighted by Crippen LogP contribution is 2.39. The summed E-state index contributed by atoms with van der Waals surface area (Å²) in [5.74, 6) is -1.54. The molecule has 25 heavy (non-hydrogen) atoms. The van der Waals surface area contributed by atoms with Crippen LogP contribution in [0.4, 0.5) is 0 Å². The Bertz CT molecular complexity index is 680. The number of carbonyl (C=O) groups excluding carboxylic acids is 1. The molecule has 0 spiro atoms. The Labute approximate surface area is 150 Å². The van der Waals surface area contributed by atoms with Crippen LogP contribution in [0.5, 0.6) is 17.2 Å². The maximum atomic E-state index is 12.4. The van der Waals surface area contributed by atoms with E-state index in [1.165, 1.54) is 5.57 Å². The highest BCUT2D eigenvalue weighted by molar-refractivity contribution is 6.03. The van der Waals surface area contributed by atoms with E-state index in [1.807, 2.05) is 19.9 Å². The highest BCUT2D eigenvalue weighted by atomic mass is 16.3. The van der Waals surface area contributed by atoms with Gasteiger partial charge in [0.05, 0.1) is 0 Å². The summed E-state index contributed by atoms with van der Waals surface area (Å²) in [4.78, 5) is 12.4. The average Bonchev–Trinajstić information content (AvgIpc) is 2.52. The Balaban J connectivity index is 3.08. The van der Waals surface area contributed by atoms with Crippen LogP contribution in [0.25, 0.3) is 0 Å². The zero-order chi connectivity index (χ0) is 19.1. The fourth-order valence-electron chi connectivity index (χ4n) is 2.53. The summed E-state index contributed by atoms with van der Waals surface area (Å²) in [7, 11) is 0. The molecule has 0 amide bonds. The van der Waals surface area contributed by atoms with Crippen LogP contribution in [0.3, 0.4) is 0 Å². The standard InChI is InChI=1S/C21H30O4/c1-6-15(5)20(24)19-18(23)12-17(22)16(21(19)25)11-10-14(4)9-7-8-13(2)3/h8,10,12,15,22-23,25H,6-7,9,11H2,1-5H3/b14-10+. The van der Waals surface area contributed by atoms with E-state index in [0.717, 1.165) is 24.5 Å². The second-order valence-corrected chi connectivity index (χ2v) is 6.87. The lowest BCUT2D eigenvalue weighted by Crippen LogP contribution is -2.11. The molecule has 4 heteroatoms. The summed E-state index contributed by atoms with van der Waals surface area (Å²) < 4.78 is 0. The first kappa shape index (κ1) is 20.8. The molecule has 1 aromatic rings. The van der Waals surface area contributed by atoms with E-state index in [2.05, 4.69) is 19.9 Å². The van der Waals surface area contributed by atoms with Crippen LogP contribution in [0.2, 0.25) is 0 Å². The number of hydrogen-bond donors (Lipinski definition) is 3. The first-order chi connectivity index (χ1) is 11.7. The Morgan fingerprint density at radius 1 is 1.12 bits per heavy atom. The van der Waals surface area contributed by atoms with Gasteiger partial charge in [-0.25, -0.2) is 0 Å². The fraction of sp³-hybridized carbons (Fsp3) is 0.476. The Hall–Kier alpha value is -2.23. The molecule has 0 heterocycles. The lowest BCUT2D eigenvalue weighted by molar-refractivity contribution is 0.0921. The molecular weight excluding hydrogens is 316 g/mol. The predicted molar refractivity (Wildman–Crippen MR) is 101 cm³/mol. The summed E-state index contributed by atoms with van der Waals surface area (Å²) in [6.07, 6.45) is 6.84. The van der Waals surface area contributed by atoms with Crippen molar-refractivity contribution in [2.75, 3.05) is 0 Å². The largest absolute Gasteiger partial charge is 0.507 e. The number of hydrogen-bond acceptors (Lipinski definition) is 4. The van der Waals surface area contributed by atoms with Gasteiger partial charge in [-0.05, 0) is 46.5 Å². The lowest BCUT2D eigenvalue weighted by atomic mass is 9.92. The topological polar surface area (TPSA) is 77.8 Å². The molecule has 1 rings (SSSR count). The summed E-state index contributed by atoms with van der Waals surface area (Å²) in [6, 6.07) is 1.14.